The van der Waals surface area contributed by atoms with E-state index in [0.717, 1.165) is 24.8 Å². The number of aromatic nitrogens is 1. The van der Waals surface area contributed by atoms with Crippen molar-refractivity contribution in [1.29, 1.82) is 0 Å². The second kappa shape index (κ2) is 6.83. The third-order valence-corrected chi connectivity index (χ3v) is 2.38. The molecule has 1 unspecified atom stereocenters. The Balaban J connectivity index is 2.74. The van der Waals surface area contributed by atoms with Crippen LogP contribution in [0.5, 0.6) is 5.88 Å². The smallest absolute Gasteiger partial charge is 0.217 e. The van der Waals surface area contributed by atoms with Gasteiger partial charge in [-0.3, -0.25) is 11.3 Å². The zero-order valence-corrected chi connectivity index (χ0v) is 9.44. The highest BCUT2D eigenvalue weighted by atomic mass is 16.5. The van der Waals surface area contributed by atoms with E-state index in [1.54, 1.807) is 13.3 Å². The lowest BCUT2D eigenvalue weighted by Gasteiger charge is -2.17. The molecule has 0 amide bonds. The van der Waals surface area contributed by atoms with Crippen molar-refractivity contribution in [2.24, 2.45) is 5.84 Å². The molecule has 1 aromatic rings. The molecule has 0 aliphatic heterocycles. The lowest BCUT2D eigenvalue weighted by atomic mass is 10.0. The van der Waals surface area contributed by atoms with Crippen molar-refractivity contribution in [2.45, 2.75) is 25.3 Å². The third kappa shape index (κ3) is 3.23. The van der Waals surface area contributed by atoms with Crippen molar-refractivity contribution < 1.29 is 4.74 Å². The molecule has 0 saturated carbocycles. The number of methoxy groups -OCH3 is 1. The Morgan fingerprint density at radius 1 is 1.69 bits per heavy atom. The summed E-state index contributed by atoms with van der Waals surface area (Å²) in [5, 5.41) is 0. The first-order chi connectivity index (χ1) is 7.83. The summed E-state index contributed by atoms with van der Waals surface area (Å²) in [5.74, 6) is 8.74. The second-order valence-electron chi connectivity index (χ2n) is 3.42. The van der Waals surface area contributed by atoms with Crippen LogP contribution in [0.3, 0.4) is 0 Å². The first kappa shape index (κ1) is 12.5. The number of nitrogens with zero attached hydrogens (tertiary/aromatic N) is 1. The largest absolute Gasteiger partial charge is 0.481 e. The maximum Gasteiger partial charge on any atom is 0.217 e. The number of hydrogen-bond acceptors (Lipinski definition) is 4. The standard InChI is InChI=1S/C12H17N3O/c1-3-4-5-8-11(15-13)10-7-6-9-14-12(10)16-2/h1,6-7,9,11,15H,4-5,8,13H2,2H3. The Kier molecular flexibility index (Phi) is 5.34. The molecule has 1 aromatic heterocycles. The average molecular weight is 219 g/mol. The zero-order chi connectivity index (χ0) is 11.8. The van der Waals surface area contributed by atoms with Crippen LogP contribution in [0.25, 0.3) is 0 Å². The molecule has 0 aromatic carbocycles. The summed E-state index contributed by atoms with van der Waals surface area (Å²) in [6, 6.07) is 3.84. The van der Waals surface area contributed by atoms with Gasteiger partial charge in [0, 0.05) is 18.2 Å². The molecule has 1 heterocycles. The Morgan fingerprint density at radius 3 is 3.12 bits per heavy atom. The van der Waals surface area contributed by atoms with Gasteiger partial charge in [0.25, 0.3) is 0 Å². The SMILES string of the molecule is C#CCCCC(NN)c1cccnc1OC. The molecule has 0 saturated heterocycles. The quantitative estimate of drug-likeness (QED) is 0.328. The van der Waals surface area contributed by atoms with Gasteiger partial charge in [-0.05, 0) is 18.9 Å². The van der Waals surface area contributed by atoms with Crippen LogP contribution in [0.4, 0.5) is 0 Å². The van der Waals surface area contributed by atoms with Crippen LogP contribution >= 0.6 is 0 Å². The van der Waals surface area contributed by atoms with Crippen molar-refractivity contribution in [3.63, 3.8) is 0 Å². The van der Waals surface area contributed by atoms with Crippen LogP contribution in [0.2, 0.25) is 0 Å². The van der Waals surface area contributed by atoms with Crippen LogP contribution in [0.15, 0.2) is 18.3 Å². The molecule has 0 spiro atoms. The van der Waals surface area contributed by atoms with Crippen molar-refractivity contribution in [3.8, 4) is 18.2 Å². The number of nitrogens with two attached hydrogens (primary N) is 1. The molecule has 0 aliphatic rings. The molecule has 4 heteroatoms. The summed E-state index contributed by atoms with van der Waals surface area (Å²) >= 11 is 0. The summed E-state index contributed by atoms with van der Waals surface area (Å²) in [6.07, 6.45) is 9.44. The van der Waals surface area contributed by atoms with E-state index in [1.807, 2.05) is 12.1 Å². The molecule has 16 heavy (non-hydrogen) atoms. The highest BCUT2D eigenvalue weighted by Gasteiger charge is 2.14. The van der Waals surface area contributed by atoms with E-state index in [1.165, 1.54) is 0 Å². The van der Waals surface area contributed by atoms with Gasteiger partial charge in [0.2, 0.25) is 5.88 Å². The third-order valence-electron chi connectivity index (χ3n) is 2.38. The Labute approximate surface area is 96.2 Å². The summed E-state index contributed by atoms with van der Waals surface area (Å²) in [5.41, 5.74) is 3.73. The number of pyridine rings is 1. The molecule has 0 fully saturated rings. The predicted octanol–water partition coefficient (Wildman–Crippen LogP) is 1.40. The van der Waals surface area contributed by atoms with Crippen molar-refractivity contribution in [1.82, 2.24) is 10.4 Å². The van der Waals surface area contributed by atoms with Gasteiger partial charge in [0.1, 0.15) is 0 Å². The van der Waals surface area contributed by atoms with Crippen LogP contribution in [-0.4, -0.2) is 12.1 Å². The van der Waals surface area contributed by atoms with Gasteiger partial charge < -0.3 is 4.74 Å². The molecular formula is C12H17N3O. The van der Waals surface area contributed by atoms with E-state index in [-0.39, 0.29) is 6.04 Å². The minimum absolute atomic E-state index is 0.0250. The van der Waals surface area contributed by atoms with Gasteiger partial charge in [0.05, 0.1) is 13.2 Å². The van der Waals surface area contributed by atoms with Gasteiger partial charge in [-0.15, -0.1) is 12.3 Å². The topological polar surface area (TPSA) is 60.2 Å². The number of unbranched alkanes of at least 4 members (excludes halogenated alkanes) is 1. The number of hydrogen-bond donors (Lipinski definition) is 2. The number of nitrogens with one attached hydrogen (secondary N) is 1. The monoisotopic (exact) mass is 219 g/mol. The molecule has 0 bridgehead atoms. The van der Waals surface area contributed by atoms with E-state index in [4.69, 9.17) is 17.0 Å². The second-order valence-corrected chi connectivity index (χ2v) is 3.42. The van der Waals surface area contributed by atoms with Crippen LogP contribution in [-0.2, 0) is 0 Å². The molecule has 1 atom stereocenters. The van der Waals surface area contributed by atoms with Crippen LogP contribution in [0.1, 0.15) is 30.9 Å². The predicted molar refractivity (Wildman–Crippen MR) is 63.5 cm³/mol. The van der Waals surface area contributed by atoms with Crippen molar-refractivity contribution in [3.05, 3.63) is 23.9 Å². The molecule has 86 valence electrons. The summed E-state index contributed by atoms with van der Waals surface area (Å²) in [6.45, 7) is 0. The van der Waals surface area contributed by atoms with Gasteiger partial charge in [-0.25, -0.2) is 4.98 Å². The van der Waals surface area contributed by atoms with Gasteiger partial charge in [-0.1, -0.05) is 6.07 Å². The number of rotatable bonds is 6. The molecule has 4 nitrogen and oxygen atoms in total. The zero-order valence-electron chi connectivity index (χ0n) is 9.44. The highest BCUT2D eigenvalue weighted by Crippen LogP contribution is 2.25. The van der Waals surface area contributed by atoms with E-state index >= 15 is 0 Å². The molecule has 1 rings (SSSR count). The summed E-state index contributed by atoms with van der Waals surface area (Å²) in [4.78, 5) is 4.14. The molecular weight excluding hydrogens is 202 g/mol. The van der Waals surface area contributed by atoms with Gasteiger partial charge >= 0.3 is 0 Å². The fraction of sp³-hybridized carbons (Fsp3) is 0.417. The van der Waals surface area contributed by atoms with Gasteiger partial charge in [-0.2, -0.15) is 0 Å². The number of hydrazine groups is 1. The van der Waals surface area contributed by atoms with Gasteiger partial charge in [0.15, 0.2) is 0 Å². The summed E-state index contributed by atoms with van der Waals surface area (Å²) < 4.78 is 5.19. The minimum atomic E-state index is 0.0250. The highest BCUT2D eigenvalue weighted by molar-refractivity contribution is 5.28. The fourth-order valence-corrected chi connectivity index (χ4v) is 1.58. The van der Waals surface area contributed by atoms with E-state index in [9.17, 15) is 0 Å². The lowest BCUT2D eigenvalue weighted by Crippen LogP contribution is -2.28. The summed E-state index contributed by atoms with van der Waals surface area (Å²) in [7, 11) is 1.60. The molecule has 3 N–H and O–H groups in total. The van der Waals surface area contributed by atoms with Crippen LogP contribution < -0.4 is 16.0 Å². The lowest BCUT2D eigenvalue weighted by molar-refractivity contribution is 0.378. The maximum absolute atomic E-state index is 5.53. The first-order valence-electron chi connectivity index (χ1n) is 5.22. The van der Waals surface area contributed by atoms with E-state index < -0.39 is 0 Å². The Morgan fingerprint density at radius 2 is 2.50 bits per heavy atom. The molecule has 0 aliphatic carbocycles. The number of ether oxygens (including phenoxy) is 1. The van der Waals surface area contributed by atoms with Crippen molar-refractivity contribution >= 4 is 0 Å². The molecule has 0 radical (unpaired) electrons. The fourth-order valence-electron chi connectivity index (χ4n) is 1.58. The van der Waals surface area contributed by atoms with Crippen LogP contribution in [0, 0.1) is 12.3 Å². The van der Waals surface area contributed by atoms with Crippen molar-refractivity contribution in [2.75, 3.05) is 7.11 Å². The normalized spacial score (nSPS) is 11.8. The minimum Gasteiger partial charge on any atom is -0.481 e. The Hall–Kier alpha value is -1.57. The first-order valence-corrected chi connectivity index (χ1v) is 5.22. The Bertz CT molecular complexity index is 360. The maximum atomic E-state index is 5.53. The van der Waals surface area contributed by atoms with E-state index in [2.05, 4.69) is 16.3 Å². The van der Waals surface area contributed by atoms with E-state index in [0.29, 0.717) is 5.88 Å². The average Bonchev–Trinajstić information content (AvgIpc) is 2.35. The number of terminal acetylenes is 1.